The molecule has 112 valence electrons. The van der Waals surface area contributed by atoms with Crippen LogP contribution in [0.15, 0.2) is 53.0 Å². The molecule has 0 saturated carbocycles. The van der Waals surface area contributed by atoms with Crippen LogP contribution >= 0.6 is 15.9 Å². The number of benzene rings is 2. The predicted octanol–water partition coefficient (Wildman–Crippen LogP) is 4.63. The van der Waals surface area contributed by atoms with Gasteiger partial charge in [0.15, 0.2) is 0 Å². The average molecular weight is 346 g/mol. The van der Waals surface area contributed by atoms with Crippen LogP contribution < -0.4 is 5.32 Å². The van der Waals surface area contributed by atoms with Gasteiger partial charge in [0.2, 0.25) is 0 Å². The Morgan fingerprint density at radius 1 is 0.952 bits per heavy atom. The molecule has 2 rings (SSSR count). The molecular weight excluding hydrogens is 322 g/mol. The molecule has 0 aliphatic heterocycles. The summed E-state index contributed by atoms with van der Waals surface area (Å²) in [6, 6.07) is 17.7. The zero-order valence-corrected chi connectivity index (χ0v) is 14.5. The van der Waals surface area contributed by atoms with Crippen LogP contribution in [0.25, 0.3) is 0 Å². The third-order valence-corrected chi connectivity index (χ3v) is 4.36. The first-order valence-corrected chi connectivity index (χ1v) is 8.47. The molecule has 0 spiro atoms. The molecule has 0 radical (unpaired) electrons. The Hall–Kier alpha value is -1.12. The minimum Gasteiger partial charge on any atom is -0.319 e. The minimum atomic E-state index is 0.622. The van der Waals surface area contributed by atoms with Crippen molar-refractivity contribution in [3.05, 3.63) is 69.7 Å². The first-order valence-electron chi connectivity index (χ1n) is 7.68. The van der Waals surface area contributed by atoms with E-state index >= 15 is 0 Å². The maximum absolute atomic E-state index is 3.56. The van der Waals surface area contributed by atoms with Crippen LogP contribution in [-0.4, -0.2) is 13.6 Å². The van der Waals surface area contributed by atoms with Gasteiger partial charge in [-0.1, -0.05) is 59.3 Å². The van der Waals surface area contributed by atoms with E-state index < -0.39 is 0 Å². The molecule has 1 nitrogen and oxygen atoms in total. The van der Waals surface area contributed by atoms with Gasteiger partial charge in [-0.15, -0.1) is 0 Å². The topological polar surface area (TPSA) is 12.0 Å². The van der Waals surface area contributed by atoms with Crippen molar-refractivity contribution in [3.8, 4) is 0 Å². The maximum atomic E-state index is 3.56. The van der Waals surface area contributed by atoms with Gasteiger partial charge in [-0.3, -0.25) is 0 Å². The SMILES string of the molecule is CCc1ccc(CC(CNC)Cc2cccc(Br)c2)cc1. The largest absolute Gasteiger partial charge is 0.319 e. The van der Waals surface area contributed by atoms with Crippen molar-refractivity contribution in [1.82, 2.24) is 5.32 Å². The summed E-state index contributed by atoms with van der Waals surface area (Å²) in [5, 5.41) is 3.33. The fourth-order valence-electron chi connectivity index (χ4n) is 2.75. The zero-order chi connectivity index (χ0) is 15.1. The van der Waals surface area contributed by atoms with Gasteiger partial charge in [-0.25, -0.2) is 0 Å². The van der Waals surface area contributed by atoms with E-state index in [1.54, 1.807) is 0 Å². The van der Waals surface area contributed by atoms with Crippen LogP contribution in [0, 0.1) is 5.92 Å². The van der Waals surface area contributed by atoms with Crippen LogP contribution in [0.2, 0.25) is 0 Å². The number of nitrogens with one attached hydrogen (secondary N) is 1. The molecule has 1 unspecified atom stereocenters. The molecule has 2 aromatic rings. The Balaban J connectivity index is 2.04. The molecule has 0 aliphatic rings. The molecular formula is C19H24BrN. The minimum absolute atomic E-state index is 0.622. The monoisotopic (exact) mass is 345 g/mol. The summed E-state index contributed by atoms with van der Waals surface area (Å²) in [6.45, 7) is 3.24. The maximum Gasteiger partial charge on any atom is 0.0177 e. The van der Waals surface area contributed by atoms with E-state index in [0.717, 1.165) is 30.3 Å². The van der Waals surface area contributed by atoms with E-state index in [-0.39, 0.29) is 0 Å². The van der Waals surface area contributed by atoms with Gasteiger partial charge in [-0.05, 0) is 67.6 Å². The van der Waals surface area contributed by atoms with Gasteiger partial charge < -0.3 is 5.32 Å². The quantitative estimate of drug-likeness (QED) is 0.771. The van der Waals surface area contributed by atoms with Crippen molar-refractivity contribution in [3.63, 3.8) is 0 Å². The lowest BCUT2D eigenvalue weighted by atomic mass is 9.92. The van der Waals surface area contributed by atoms with Gasteiger partial charge in [0.1, 0.15) is 0 Å². The molecule has 1 N–H and O–H groups in total. The standard InChI is InChI=1S/C19H24BrN/c1-3-15-7-9-16(10-8-15)11-18(14-21-2)12-17-5-4-6-19(20)13-17/h4-10,13,18,21H,3,11-12,14H2,1-2H3. The van der Waals surface area contributed by atoms with Gasteiger partial charge in [0.05, 0.1) is 0 Å². The zero-order valence-electron chi connectivity index (χ0n) is 12.9. The molecule has 0 aliphatic carbocycles. The summed E-state index contributed by atoms with van der Waals surface area (Å²) >= 11 is 3.56. The number of aryl methyl sites for hydroxylation is 1. The summed E-state index contributed by atoms with van der Waals surface area (Å²) in [6.07, 6.45) is 3.34. The molecule has 2 heteroatoms. The van der Waals surface area contributed by atoms with E-state index in [0.29, 0.717) is 5.92 Å². The van der Waals surface area contributed by atoms with Gasteiger partial charge >= 0.3 is 0 Å². The molecule has 2 aromatic carbocycles. The van der Waals surface area contributed by atoms with Gasteiger partial charge in [-0.2, -0.15) is 0 Å². The summed E-state index contributed by atoms with van der Waals surface area (Å²) < 4.78 is 1.16. The van der Waals surface area contributed by atoms with E-state index in [9.17, 15) is 0 Å². The van der Waals surface area contributed by atoms with Crippen LogP contribution in [0.4, 0.5) is 0 Å². The third-order valence-electron chi connectivity index (χ3n) is 3.86. The molecule has 1 atom stereocenters. The lowest BCUT2D eigenvalue weighted by molar-refractivity contribution is 0.493. The Bertz CT molecular complexity index is 548. The second-order valence-electron chi connectivity index (χ2n) is 5.63. The summed E-state index contributed by atoms with van der Waals surface area (Å²) in [5.74, 6) is 0.622. The van der Waals surface area contributed by atoms with E-state index in [4.69, 9.17) is 0 Å². The average Bonchev–Trinajstić information content (AvgIpc) is 2.48. The van der Waals surface area contributed by atoms with Crippen molar-refractivity contribution in [2.45, 2.75) is 26.2 Å². The van der Waals surface area contributed by atoms with Crippen LogP contribution in [0.5, 0.6) is 0 Å². The third kappa shape index (κ3) is 5.29. The van der Waals surface area contributed by atoms with Crippen LogP contribution in [0.3, 0.4) is 0 Å². The van der Waals surface area contributed by atoms with E-state index in [2.05, 4.69) is 76.7 Å². The Kier molecular flexibility index (Phi) is 6.47. The highest BCUT2D eigenvalue weighted by atomic mass is 79.9. The summed E-state index contributed by atoms with van der Waals surface area (Å²) in [7, 11) is 2.04. The number of hydrogen-bond donors (Lipinski definition) is 1. The summed E-state index contributed by atoms with van der Waals surface area (Å²) in [4.78, 5) is 0. The molecule has 0 fully saturated rings. The van der Waals surface area contributed by atoms with Gasteiger partial charge in [0.25, 0.3) is 0 Å². The molecule has 21 heavy (non-hydrogen) atoms. The number of halogens is 1. The van der Waals surface area contributed by atoms with E-state index in [1.807, 2.05) is 7.05 Å². The van der Waals surface area contributed by atoms with Crippen molar-refractivity contribution < 1.29 is 0 Å². The molecule has 0 heterocycles. The van der Waals surface area contributed by atoms with Crippen LogP contribution in [0.1, 0.15) is 23.6 Å². The fourth-order valence-corrected chi connectivity index (χ4v) is 3.19. The fraction of sp³-hybridized carbons (Fsp3) is 0.368. The second-order valence-corrected chi connectivity index (χ2v) is 6.55. The van der Waals surface area contributed by atoms with Crippen molar-refractivity contribution in [2.75, 3.05) is 13.6 Å². The smallest absolute Gasteiger partial charge is 0.0177 e. The molecule has 0 aromatic heterocycles. The van der Waals surface area contributed by atoms with Crippen LogP contribution in [-0.2, 0) is 19.3 Å². The first kappa shape index (κ1) is 16.3. The first-order chi connectivity index (χ1) is 10.2. The normalized spacial score (nSPS) is 12.3. The Labute approximate surface area is 136 Å². The highest BCUT2D eigenvalue weighted by molar-refractivity contribution is 9.10. The highest BCUT2D eigenvalue weighted by Gasteiger charge is 2.10. The van der Waals surface area contributed by atoms with E-state index in [1.165, 1.54) is 16.7 Å². The van der Waals surface area contributed by atoms with Crippen molar-refractivity contribution >= 4 is 15.9 Å². The Morgan fingerprint density at radius 2 is 1.62 bits per heavy atom. The number of rotatable bonds is 7. The van der Waals surface area contributed by atoms with Crippen molar-refractivity contribution in [2.24, 2.45) is 5.92 Å². The molecule has 0 amide bonds. The van der Waals surface area contributed by atoms with Gasteiger partial charge in [0, 0.05) is 4.47 Å². The summed E-state index contributed by atoms with van der Waals surface area (Å²) in [5.41, 5.74) is 4.24. The predicted molar refractivity (Wildman–Crippen MR) is 94.8 cm³/mol. The van der Waals surface area contributed by atoms with Crippen molar-refractivity contribution in [1.29, 1.82) is 0 Å². The lowest BCUT2D eigenvalue weighted by Gasteiger charge is -2.17. The Morgan fingerprint density at radius 3 is 2.24 bits per heavy atom. The lowest BCUT2D eigenvalue weighted by Crippen LogP contribution is -2.22. The number of hydrogen-bond acceptors (Lipinski definition) is 1. The molecule has 0 bridgehead atoms. The highest BCUT2D eigenvalue weighted by Crippen LogP contribution is 2.18. The molecule has 0 saturated heterocycles. The second kappa shape index (κ2) is 8.35.